The normalized spacial score (nSPS) is 13.3. The maximum absolute atomic E-state index is 12.9. The van der Waals surface area contributed by atoms with Crippen molar-refractivity contribution >= 4 is 11.0 Å². The van der Waals surface area contributed by atoms with Gasteiger partial charge in [0, 0.05) is 5.39 Å². The van der Waals surface area contributed by atoms with E-state index in [2.05, 4.69) is 6.92 Å². The molecular weight excluding hydrogens is 193 g/mol. The molecular formula is C12H14FNO. The second-order valence-electron chi connectivity index (χ2n) is 3.73. The molecule has 0 aliphatic carbocycles. The van der Waals surface area contributed by atoms with Crippen LogP contribution in [0.2, 0.25) is 0 Å². The molecule has 0 spiro atoms. The van der Waals surface area contributed by atoms with E-state index in [0.29, 0.717) is 5.58 Å². The van der Waals surface area contributed by atoms with Crippen molar-refractivity contribution in [3.63, 3.8) is 0 Å². The fourth-order valence-corrected chi connectivity index (χ4v) is 1.67. The molecule has 0 aliphatic heterocycles. The first-order valence-electron chi connectivity index (χ1n) is 5.15. The van der Waals surface area contributed by atoms with Crippen LogP contribution < -0.4 is 5.73 Å². The van der Waals surface area contributed by atoms with Gasteiger partial charge in [0.15, 0.2) is 0 Å². The maximum Gasteiger partial charge on any atom is 0.134 e. The number of benzene rings is 1. The minimum absolute atomic E-state index is 0.0922. The second-order valence-corrected chi connectivity index (χ2v) is 3.73. The Labute approximate surface area is 87.9 Å². The van der Waals surface area contributed by atoms with Crippen molar-refractivity contribution in [3.05, 3.63) is 35.8 Å². The van der Waals surface area contributed by atoms with Crippen LogP contribution in [0, 0.1) is 5.82 Å². The molecule has 2 N–H and O–H groups in total. The highest BCUT2D eigenvalue weighted by molar-refractivity contribution is 5.77. The first kappa shape index (κ1) is 10.2. The Kier molecular flexibility index (Phi) is 2.73. The lowest BCUT2D eigenvalue weighted by Crippen LogP contribution is -2.08. The van der Waals surface area contributed by atoms with Crippen LogP contribution in [0.15, 0.2) is 28.7 Å². The third-order valence-corrected chi connectivity index (χ3v) is 2.46. The van der Waals surface area contributed by atoms with Crippen molar-refractivity contribution in [2.45, 2.75) is 25.8 Å². The van der Waals surface area contributed by atoms with Crippen molar-refractivity contribution < 1.29 is 8.81 Å². The fraction of sp³-hybridized carbons (Fsp3) is 0.333. The summed E-state index contributed by atoms with van der Waals surface area (Å²) in [7, 11) is 0. The highest BCUT2D eigenvalue weighted by Crippen LogP contribution is 2.25. The van der Waals surface area contributed by atoms with Gasteiger partial charge in [-0.15, -0.1) is 0 Å². The molecule has 80 valence electrons. The number of fused-ring (bicyclic) bond motifs is 1. The highest BCUT2D eigenvalue weighted by atomic mass is 19.1. The molecule has 2 rings (SSSR count). The number of hydrogen-bond acceptors (Lipinski definition) is 2. The smallest absolute Gasteiger partial charge is 0.134 e. The lowest BCUT2D eigenvalue weighted by Gasteiger charge is -2.04. The lowest BCUT2D eigenvalue weighted by molar-refractivity contribution is 0.475. The van der Waals surface area contributed by atoms with Crippen molar-refractivity contribution in [2.24, 2.45) is 5.73 Å². The quantitative estimate of drug-likeness (QED) is 0.838. The van der Waals surface area contributed by atoms with E-state index < -0.39 is 0 Å². The van der Waals surface area contributed by atoms with Crippen LogP contribution in [0.3, 0.4) is 0 Å². The van der Waals surface area contributed by atoms with Crippen LogP contribution >= 0.6 is 0 Å². The van der Waals surface area contributed by atoms with Gasteiger partial charge in [0.2, 0.25) is 0 Å². The third-order valence-electron chi connectivity index (χ3n) is 2.46. The van der Waals surface area contributed by atoms with E-state index in [-0.39, 0.29) is 11.9 Å². The van der Waals surface area contributed by atoms with Crippen molar-refractivity contribution in [2.75, 3.05) is 0 Å². The van der Waals surface area contributed by atoms with Crippen LogP contribution in [0.25, 0.3) is 11.0 Å². The molecule has 1 aromatic carbocycles. The van der Waals surface area contributed by atoms with Gasteiger partial charge < -0.3 is 10.2 Å². The molecule has 0 radical (unpaired) electrons. The Morgan fingerprint density at radius 3 is 2.93 bits per heavy atom. The minimum Gasteiger partial charge on any atom is -0.459 e. The van der Waals surface area contributed by atoms with Crippen molar-refractivity contribution in [1.29, 1.82) is 0 Å². The van der Waals surface area contributed by atoms with E-state index in [4.69, 9.17) is 10.2 Å². The van der Waals surface area contributed by atoms with E-state index in [1.807, 2.05) is 6.07 Å². The standard InChI is InChI=1S/C12H14FNO/c1-2-3-10(14)12-7-8-6-9(13)4-5-11(8)15-12/h4-7,10H,2-3,14H2,1H3. The molecule has 0 saturated heterocycles. The van der Waals surface area contributed by atoms with Gasteiger partial charge in [-0.25, -0.2) is 4.39 Å². The largest absolute Gasteiger partial charge is 0.459 e. The summed E-state index contributed by atoms with van der Waals surface area (Å²) in [6.07, 6.45) is 1.88. The van der Waals surface area contributed by atoms with Crippen LogP contribution in [0.4, 0.5) is 4.39 Å². The van der Waals surface area contributed by atoms with E-state index in [0.717, 1.165) is 24.0 Å². The predicted octanol–water partition coefficient (Wildman–Crippen LogP) is 3.37. The van der Waals surface area contributed by atoms with Gasteiger partial charge in [-0.1, -0.05) is 13.3 Å². The first-order chi connectivity index (χ1) is 7.20. The van der Waals surface area contributed by atoms with Gasteiger partial charge in [-0.3, -0.25) is 0 Å². The fourth-order valence-electron chi connectivity index (χ4n) is 1.67. The molecule has 0 fully saturated rings. The van der Waals surface area contributed by atoms with E-state index in [9.17, 15) is 4.39 Å². The molecule has 1 aromatic heterocycles. The molecule has 0 saturated carbocycles. The molecule has 2 nitrogen and oxygen atoms in total. The van der Waals surface area contributed by atoms with Gasteiger partial charge in [0.1, 0.15) is 17.2 Å². The summed E-state index contributed by atoms with van der Waals surface area (Å²) in [5, 5.41) is 0.775. The summed E-state index contributed by atoms with van der Waals surface area (Å²) in [4.78, 5) is 0. The monoisotopic (exact) mass is 207 g/mol. The van der Waals surface area contributed by atoms with E-state index >= 15 is 0 Å². The third kappa shape index (κ3) is 2.02. The van der Waals surface area contributed by atoms with E-state index in [1.54, 1.807) is 6.07 Å². The number of halogens is 1. The molecule has 1 heterocycles. The number of hydrogen-bond donors (Lipinski definition) is 1. The molecule has 3 heteroatoms. The van der Waals surface area contributed by atoms with Gasteiger partial charge in [-0.2, -0.15) is 0 Å². The molecule has 0 aliphatic rings. The van der Waals surface area contributed by atoms with Crippen LogP contribution in [-0.2, 0) is 0 Å². The average molecular weight is 207 g/mol. The zero-order valence-electron chi connectivity index (χ0n) is 8.66. The maximum atomic E-state index is 12.9. The summed E-state index contributed by atoms with van der Waals surface area (Å²) in [5.41, 5.74) is 6.61. The van der Waals surface area contributed by atoms with Gasteiger partial charge in [-0.05, 0) is 30.7 Å². The van der Waals surface area contributed by atoms with Gasteiger partial charge in [0.05, 0.1) is 6.04 Å². The van der Waals surface area contributed by atoms with Gasteiger partial charge >= 0.3 is 0 Å². The molecule has 15 heavy (non-hydrogen) atoms. The molecule has 0 amide bonds. The Balaban J connectivity index is 2.38. The minimum atomic E-state index is -0.251. The Hall–Kier alpha value is -1.35. The zero-order chi connectivity index (χ0) is 10.8. The van der Waals surface area contributed by atoms with Gasteiger partial charge in [0.25, 0.3) is 0 Å². The summed E-state index contributed by atoms with van der Waals surface area (Å²) >= 11 is 0. The number of nitrogens with two attached hydrogens (primary N) is 1. The Morgan fingerprint density at radius 1 is 1.40 bits per heavy atom. The summed E-state index contributed by atoms with van der Waals surface area (Å²) in [5.74, 6) is 0.483. The predicted molar refractivity (Wildman–Crippen MR) is 58.0 cm³/mol. The van der Waals surface area contributed by atoms with E-state index in [1.165, 1.54) is 12.1 Å². The number of furan rings is 1. The van der Waals surface area contributed by atoms with Crippen LogP contribution in [-0.4, -0.2) is 0 Å². The lowest BCUT2D eigenvalue weighted by atomic mass is 10.1. The topological polar surface area (TPSA) is 39.2 Å². The van der Waals surface area contributed by atoms with Crippen molar-refractivity contribution in [3.8, 4) is 0 Å². The Bertz CT molecular complexity index is 464. The van der Waals surface area contributed by atoms with Crippen molar-refractivity contribution in [1.82, 2.24) is 0 Å². The number of rotatable bonds is 3. The molecule has 0 bridgehead atoms. The second kappa shape index (κ2) is 4.03. The summed E-state index contributed by atoms with van der Waals surface area (Å²) < 4.78 is 18.5. The van der Waals surface area contributed by atoms with Crippen LogP contribution in [0.5, 0.6) is 0 Å². The summed E-state index contributed by atoms with van der Waals surface area (Å²) in [6, 6.07) is 6.21. The molecule has 1 atom stereocenters. The SMILES string of the molecule is CCCC(N)c1cc2cc(F)ccc2o1. The zero-order valence-corrected chi connectivity index (χ0v) is 8.66. The van der Waals surface area contributed by atoms with Crippen LogP contribution in [0.1, 0.15) is 31.6 Å². The highest BCUT2D eigenvalue weighted by Gasteiger charge is 2.11. The first-order valence-corrected chi connectivity index (χ1v) is 5.15. The molecule has 1 unspecified atom stereocenters. The average Bonchev–Trinajstić information content (AvgIpc) is 2.60. The molecule has 2 aromatic rings. The Morgan fingerprint density at radius 2 is 2.20 bits per heavy atom. The summed E-state index contributed by atoms with van der Waals surface area (Å²) in [6.45, 7) is 2.07.